The molecule has 0 saturated carbocycles. The van der Waals surface area contributed by atoms with E-state index < -0.39 is 6.10 Å². The third-order valence-corrected chi connectivity index (χ3v) is 14.0. The van der Waals surface area contributed by atoms with Crippen LogP contribution < -0.4 is 0 Å². The van der Waals surface area contributed by atoms with Crippen LogP contribution in [0, 0.1) is 0 Å². The molecule has 0 saturated heterocycles. The summed E-state index contributed by atoms with van der Waals surface area (Å²) in [7, 11) is 0. The molecule has 0 unspecified atom stereocenters. The zero-order chi connectivity index (χ0) is 50.0. The first-order valence-corrected chi connectivity index (χ1v) is 30.8. The summed E-state index contributed by atoms with van der Waals surface area (Å²) in [6.07, 6.45) is 68.8. The number of esters is 3. The van der Waals surface area contributed by atoms with Crippen molar-refractivity contribution in [2.45, 2.75) is 348 Å². The van der Waals surface area contributed by atoms with Gasteiger partial charge in [-0.15, -0.1) is 0 Å². The Morgan fingerprint density at radius 3 is 0.826 bits per heavy atom. The van der Waals surface area contributed by atoms with E-state index in [4.69, 9.17) is 14.2 Å². The fourth-order valence-electron chi connectivity index (χ4n) is 9.30. The summed E-state index contributed by atoms with van der Waals surface area (Å²) in [6, 6.07) is 0. The predicted molar refractivity (Wildman–Crippen MR) is 298 cm³/mol. The van der Waals surface area contributed by atoms with Crippen LogP contribution in [0.15, 0.2) is 24.3 Å². The van der Waals surface area contributed by atoms with Crippen LogP contribution in [0.25, 0.3) is 0 Å². The highest BCUT2D eigenvalue weighted by Gasteiger charge is 2.19. The molecule has 0 rings (SSSR count). The van der Waals surface area contributed by atoms with E-state index in [0.717, 1.165) is 70.6 Å². The van der Waals surface area contributed by atoms with Crippen molar-refractivity contribution in [3.05, 3.63) is 24.3 Å². The molecule has 0 bridgehead atoms. The zero-order valence-corrected chi connectivity index (χ0v) is 46.6. The normalized spacial score (nSPS) is 12.1. The molecular weight excluding hydrogens is 853 g/mol. The summed E-state index contributed by atoms with van der Waals surface area (Å²) in [4.78, 5) is 38.2. The summed E-state index contributed by atoms with van der Waals surface area (Å²) in [6.45, 7) is 6.67. The Kier molecular flexibility index (Phi) is 56.7. The number of unbranched alkanes of at least 4 members (excludes halogenated alkanes) is 42. The number of hydrogen-bond acceptors (Lipinski definition) is 6. The Balaban J connectivity index is 4.32. The van der Waals surface area contributed by atoms with Crippen LogP contribution >= 0.6 is 0 Å². The van der Waals surface area contributed by atoms with Gasteiger partial charge in [-0.2, -0.15) is 0 Å². The standard InChI is InChI=1S/C63H118O6/c1-4-7-10-13-16-19-22-25-28-30-31-33-35-38-41-44-47-50-53-56-62(65)68-59-60(58-67-61(64)55-52-49-46-43-40-37-34-27-24-21-18-15-12-9-6-3)69-63(66)57-54-51-48-45-42-39-36-32-29-26-23-20-17-14-11-8-5-2/h17,20,26,29,60H,4-16,18-19,21-25,27-28,30-59H2,1-3H3/b20-17-,29-26-/t60-/m0/s1. The maximum Gasteiger partial charge on any atom is 0.306 e. The smallest absolute Gasteiger partial charge is 0.306 e. The molecule has 0 spiro atoms. The Bertz CT molecular complexity index is 1110. The third-order valence-electron chi connectivity index (χ3n) is 14.0. The number of rotatable bonds is 57. The van der Waals surface area contributed by atoms with Crippen LogP contribution in [-0.4, -0.2) is 37.2 Å². The summed E-state index contributed by atoms with van der Waals surface area (Å²) < 4.78 is 16.9. The van der Waals surface area contributed by atoms with Crippen molar-refractivity contribution in [2.75, 3.05) is 13.2 Å². The number of carbonyl (C=O) groups is 3. The van der Waals surface area contributed by atoms with Gasteiger partial charge in [0.1, 0.15) is 13.2 Å². The summed E-state index contributed by atoms with van der Waals surface area (Å²) >= 11 is 0. The third kappa shape index (κ3) is 56.7. The van der Waals surface area contributed by atoms with Gasteiger partial charge in [0.15, 0.2) is 6.10 Å². The SMILES string of the molecule is CCCCC/C=C\C/C=C\CCCCCCCCCC(=O)O[C@@H](COC(=O)CCCCCCCCCCCCCCCCC)COC(=O)CCCCCCCCCCCCCCCCCCCCC. The van der Waals surface area contributed by atoms with Gasteiger partial charge in [-0.05, 0) is 51.4 Å². The molecule has 6 heteroatoms. The molecule has 0 fully saturated rings. The number of carbonyl (C=O) groups excluding carboxylic acids is 3. The quantitative estimate of drug-likeness (QED) is 0.0261. The van der Waals surface area contributed by atoms with Crippen molar-refractivity contribution in [3.8, 4) is 0 Å². The minimum absolute atomic E-state index is 0.0686. The van der Waals surface area contributed by atoms with Crippen molar-refractivity contribution in [3.63, 3.8) is 0 Å². The van der Waals surface area contributed by atoms with E-state index in [2.05, 4.69) is 45.1 Å². The Morgan fingerprint density at radius 2 is 0.522 bits per heavy atom. The minimum Gasteiger partial charge on any atom is -0.462 e. The molecule has 0 aromatic heterocycles. The molecule has 0 aliphatic rings. The largest absolute Gasteiger partial charge is 0.462 e. The fraction of sp³-hybridized carbons (Fsp3) is 0.889. The zero-order valence-electron chi connectivity index (χ0n) is 46.6. The average molecular weight is 972 g/mol. The molecule has 406 valence electrons. The van der Waals surface area contributed by atoms with Crippen molar-refractivity contribution < 1.29 is 28.6 Å². The Morgan fingerprint density at radius 1 is 0.290 bits per heavy atom. The van der Waals surface area contributed by atoms with Crippen LogP contribution in [-0.2, 0) is 28.6 Å². The minimum atomic E-state index is -0.771. The van der Waals surface area contributed by atoms with E-state index in [9.17, 15) is 14.4 Å². The highest BCUT2D eigenvalue weighted by Crippen LogP contribution is 2.18. The maximum absolute atomic E-state index is 12.9. The van der Waals surface area contributed by atoms with Gasteiger partial charge in [-0.1, -0.05) is 295 Å². The van der Waals surface area contributed by atoms with Crippen molar-refractivity contribution in [2.24, 2.45) is 0 Å². The second-order valence-electron chi connectivity index (χ2n) is 21.0. The van der Waals surface area contributed by atoms with Crippen LogP contribution in [0.1, 0.15) is 342 Å². The molecule has 69 heavy (non-hydrogen) atoms. The molecule has 0 aromatic rings. The van der Waals surface area contributed by atoms with Gasteiger partial charge in [-0.25, -0.2) is 0 Å². The van der Waals surface area contributed by atoms with Crippen LogP contribution in [0.2, 0.25) is 0 Å². The summed E-state index contributed by atoms with van der Waals surface area (Å²) in [5, 5.41) is 0. The molecule has 6 nitrogen and oxygen atoms in total. The van der Waals surface area contributed by atoms with E-state index >= 15 is 0 Å². The first-order chi connectivity index (χ1) is 34.0. The molecule has 0 aromatic carbocycles. The number of allylic oxidation sites excluding steroid dienone is 4. The molecule has 0 aliphatic heterocycles. The second-order valence-corrected chi connectivity index (χ2v) is 21.0. The van der Waals surface area contributed by atoms with Crippen LogP contribution in [0.5, 0.6) is 0 Å². The lowest BCUT2D eigenvalue weighted by molar-refractivity contribution is -0.167. The first-order valence-electron chi connectivity index (χ1n) is 30.8. The lowest BCUT2D eigenvalue weighted by atomic mass is 10.0. The van der Waals surface area contributed by atoms with Gasteiger partial charge in [-0.3, -0.25) is 14.4 Å². The Labute approximate surface area is 430 Å². The van der Waals surface area contributed by atoms with Gasteiger partial charge in [0.2, 0.25) is 0 Å². The molecule has 0 radical (unpaired) electrons. The lowest BCUT2D eigenvalue weighted by Gasteiger charge is -2.18. The van der Waals surface area contributed by atoms with Gasteiger partial charge >= 0.3 is 17.9 Å². The van der Waals surface area contributed by atoms with Gasteiger partial charge in [0.25, 0.3) is 0 Å². The monoisotopic (exact) mass is 971 g/mol. The Hall–Kier alpha value is -2.11. The van der Waals surface area contributed by atoms with Gasteiger partial charge < -0.3 is 14.2 Å². The topological polar surface area (TPSA) is 78.9 Å². The summed E-state index contributed by atoms with van der Waals surface area (Å²) in [5.74, 6) is -0.850. The van der Waals surface area contributed by atoms with Crippen LogP contribution in [0.3, 0.4) is 0 Å². The second kappa shape index (κ2) is 58.5. The number of ether oxygens (including phenoxy) is 3. The molecule has 1 atom stereocenters. The van der Waals surface area contributed by atoms with Crippen molar-refractivity contribution in [1.82, 2.24) is 0 Å². The summed E-state index contributed by atoms with van der Waals surface area (Å²) in [5.41, 5.74) is 0. The van der Waals surface area contributed by atoms with Gasteiger partial charge in [0.05, 0.1) is 0 Å². The maximum atomic E-state index is 12.9. The number of hydrogen-bond donors (Lipinski definition) is 0. The van der Waals surface area contributed by atoms with E-state index in [1.807, 2.05) is 0 Å². The molecular formula is C63H118O6. The average Bonchev–Trinajstić information content (AvgIpc) is 3.35. The van der Waals surface area contributed by atoms with E-state index in [0.29, 0.717) is 19.3 Å². The van der Waals surface area contributed by atoms with E-state index in [-0.39, 0.29) is 31.1 Å². The molecule has 0 heterocycles. The fourth-order valence-corrected chi connectivity index (χ4v) is 9.30. The van der Waals surface area contributed by atoms with Gasteiger partial charge in [0, 0.05) is 19.3 Å². The van der Waals surface area contributed by atoms with Crippen molar-refractivity contribution in [1.29, 1.82) is 0 Å². The highest BCUT2D eigenvalue weighted by atomic mass is 16.6. The highest BCUT2D eigenvalue weighted by molar-refractivity contribution is 5.71. The first kappa shape index (κ1) is 66.9. The lowest BCUT2D eigenvalue weighted by Crippen LogP contribution is -2.30. The predicted octanol–water partition coefficient (Wildman–Crippen LogP) is 20.7. The van der Waals surface area contributed by atoms with Crippen LogP contribution in [0.4, 0.5) is 0 Å². The molecule has 0 aliphatic carbocycles. The molecule has 0 N–H and O–H groups in total. The van der Waals surface area contributed by atoms with E-state index in [1.54, 1.807) is 0 Å². The molecule has 0 amide bonds. The van der Waals surface area contributed by atoms with E-state index in [1.165, 1.54) is 231 Å². The van der Waals surface area contributed by atoms with Crippen molar-refractivity contribution >= 4 is 17.9 Å².